The zero-order chi connectivity index (χ0) is 25.1. The second kappa shape index (κ2) is 10.0. The van der Waals surface area contributed by atoms with E-state index in [1.165, 1.54) is 17.5 Å². The lowest BCUT2D eigenvalue weighted by Crippen LogP contribution is -2.28. The fraction of sp³-hybridized carbons (Fsp3) is 0.160. The molecule has 182 valence electrons. The summed E-state index contributed by atoms with van der Waals surface area (Å²) >= 11 is 1.32. The van der Waals surface area contributed by atoms with Gasteiger partial charge < -0.3 is 20.2 Å². The van der Waals surface area contributed by atoms with Gasteiger partial charge in [0.15, 0.2) is 11.1 Å². The molecule has 0 unspecified atom stereocenters. The maximum Gasteiger partial charge on any atom is 0.261 e. The van der Waals surface area contributed by atoms with Crippen LogP contribution in [0.25, 0.3) is 11.6 Å². The van der Waals surface area contributed by atoms with Crippen LogP contribution in [0.2, 0.25) is 0 Å². The number of methoxy groups -OCH3 is 1. The quantitative estimate of drug-likeness (QED) is 0.212. The molecule has 2 aromatic heterocycles. The molecule has 11 heteroatoms. The normalized spacial score (nSPS) is 13.2. The number of rotatable bonds is 8. The lowest BCUT2D eigenvalue weighted by atomic mass is 10.1. The van der Waals surface area contributed by atoms with E-state index in [0.717, 1.165) is 16.2 Å². The minimum absolute atomic E-state index is 0.0135. The summed E-state index contributed by atoms with van der Waals surface area (Å²) in [4.78, 5) is 39.3. The number of thiazole rings is 1. The molecule has 36 heavy (non-hydrogen) atoms. The number of guanidine groups is 1. The Balaban J connectivity index is 1.19. The molecule has 0 atom stereocenters. The first-order chi connectivity index (χ1) is 17.5. The number of aliphatic imine (C=N–C) groups is 1. The van der Waals surface area contributed by atoms with Crippen molar-refractivity contribution in [1.29, 1.82) is 0 Å². The van der Waals surface area contributed by atoms with Crippen LogP contribution in [-0.4, -0.2) is 46.3 Å². The Kier molecular flexibility index (Phi) is 6.46. The van der Waals surface area contributed by atoms with Crippen LogP contribution in [0.1, 0.15) is 32.0 Å². The molecule has 3 heterocycles. The highest BCUT2D eigenvalue weighted by molar-refractivity contribution is 7.14. The number of aromatic nitrogens is 2. The first-order valence-corrected chi connectivity index (χ1v) is 12.0. The molecule has 3 N–H and O–H groups in total. The molecule has 0 spiro atoms. The van der Waals surface area contributed by atoms with Gasteiger partial charge in [-0.3, -0.25) is 19.5 Å². The molecular weight excluding hydrogens is 480 g/mol. The molecule has 0 aliphatic carbocycles. The highest BCUT2D eigenvalue weighted by Gasteiger charge is 2.35. The van der Waals surface area contributed by atoms with E-state index in [0.29, 0.717) is 40.7 Å². The van der Waals surface area contributed by atoms with Gasteiger partial charge in [-0.1, -0.05) is 30.3 Å². The number of ether oxygens (including phenoxy) is 1. The lowest BCUT2D eigenvalue weighted by Gasteiger charge is -2.10. The Morgan fingerprint density at radius 2 is 1.86 bits per heavy atom. The second-order valence-corrected chi connectivity index (χ2v) is 8.72. The minimum Gasteiger partial charge on any atom is -0.496 e. The number of carbonyl (C=O) groups is 2. The van der Waals surface area contributed by atoms with Crippen LogP contribution >= 0.6 is 11.3 Å². The third-order valence-electron chi connectivity index (χ3n) is 5.56. The molecule has 0 radical (unpaired) electrons. The molecule has 2 aromatic carbocycles. The number of nitrogens with zero attached hydrogens (tertiary/aromatic N) is 4. The number of benzene rings is 2. The van der Waals surface area contributed by atoms with E-state index in [-0.39, 0.29) is 30.2 Å². The summed E-state index contributed by atoms with van der Waals surface area (Å²) in [5.41, 5.74) is 8.34. The van der Waals surface area contributed by atoms with Gasteiger partial charge in [0.25, 0.3) is 11.8 Å². The monoisotopic (exact) mass is 502 g/mol. The van der Waals surface area contributed by atoms with Crippen molar-refractivity contribution in [3.63, 3.8) is 0 Å². The Labute approximate surface area is 210 Å². The summed E-state index contributed by atoms with van der Waals surface area (Å²) in [6, 6.07) is 14.5. The number of nitrogens with one attached hydrogen (secondary N) is 1. The lowest BCUT2D eigenvalue weighted by molar-refractivity contribution is 0.0632. The minimum atomic E-state index is -0.353. The fourth-order valence-electron chi connectivity index (χ4n) is 3.82. The molecule has 0 saturated carbocycles. The van der Waals surface area contributed by atoms with Crippen LogP contribution < -0.4 is 15.8 Å². The van der Waals surface area contributed by atoms with Crippen LogP contribution in [-0.2, 0) is 13.0 Å². The number of hydrogen-bond acceptors (Lipinski definition) is 8. The highest BCUT2D eigenvalue weighted by Crippen LogP contribution is 2.27. The van der Waals surface area contributed by atoms with Crippen LogP contribution in [0.15, 0.2) is 69.5 Å². The number of carbonyl (C=O) groups excluding carboxylic acids is 2. The van der Waals surface area contributed by atoms with Gasteiger partial charge in [0.2, 0.25) is 5.89 Å². The van der Waals surface area contributed by atoms with Crippen molar-refractivity contribution in [2.45, 2.75) is 13.0 Å². The molecule has 4 aromatic rings. The highest BCUT2D eigenvalue weighted by atomic mass is 32.1. The Morgan fingerprint density at radius 1 is 1.14 bits per heavy atom. The number of nitrogens with two attached hydrogens (primary N) is 1. The summed E-state index contributed by atoms with van der Waals surface area (Å²) in [5, 5.41) is 5.27. The van der Waals surface area contributed by atoms with Gasteiger partial charge in [-0.2, -0.15) is 0 Å². The standard InChI is InChI=1S/C25H22N6O4S/c1-34-20-9-5-2-6-15(20)10-11-27-24(26)30-25-29-19(14-36-25)21-28-12-16(35-21)13-31-22(32)17-7-3-4-8-18(17)23(31)33/h2-9,12,14H,10-11,13H2,1H3,(H3,26,27,29,30). The molecule has 0 saturated heterocycles. The zero-order valence-electron chi connectivity index (χ0n) is 19.3. The average Bonchev–Trinajstić information content (AvgIpc) is 3.61. The molecule has 5 rings (SSSR count). The first kappa shape index (κ1) is 23.2. The number of para-hydroxylation sites is 1. The largest absolute Gasteiger partial charge is 0.496 e. The predicted octanol–water partition coefficient (Wildman–Crippen LogP) is 3.57. The Morgan fingerprint density at radius 3 is 2.61 bits per heavy atom. The van der Waals surface area contributed by atoms with Crippen molar-refractivity contribution in [3.8, 4) is 17.3 Å². The van der Waals surface area contributed by atoms with Crippen molar-refractivity contribution < 1.29 is 18.7 Å². The number of anilines is 1. The number of amides is 2. The van der Waals surface area contributed by atoms with Gasteiger partial charge in [0.1, 0.15) is 17.2 Å². The number of imide groups is 1. The number of hydrogen-bond donors (Lipinski definition) is 2. The predicted molar refractivity (Wildman–Crippen MR) is 135 cm³/mol. The molecule has 0 fully saturated rings. The summed E-state index contributed by atoms with van der Waals surface area (Å²) < 4.78 is 11.1. The van der Waals surface area contributed by atoms with Crippen molar-refractivity contribution in [2.75, 3.05) is 19.0 Å². The molecule has 1 aliphatic heterocycles. The van der Waals surface area contributed by atoms with Crippen molar-refractivity contribution in [1.82, 2.24) is 14.9 Å². The van der Waals surface area contributed by atoms with E-state index in [9.17, 15) is 9.59 Å². The summed E-state index contributed by atoms with van der Waals surface area (Å²) in [6.45, 7) is 0.471. The van der Waals surface area contributed by atoms with Crippen molar-refractivity contribution in [3.05, 3.63) is 82.6 Å². The molecule has 10 nitrogen and oxygen atoms in total. The van der Waals surface area contributed by atoms with E-state index in [1.54, 1.807) is 36.8 Å². The van der Waals surface area contributed by atoms with E-state index >= 15 is 0 Å². The number of fused-ring (bicyclic) bond motifs is 1. The third-order valence-corrected chi connectivity index (χ3v) is 6.32. The summed E-state index contributed by atoms with van der Waals surface area (Å²) in [7, 11) is 1.64. The van der Waals surface area contributed by atoms with Gasteiger partial charge in [-0.15, -0.1) is 11.3 Å². The van der Waals surface area contributed by atoms with Crippen molar-refractivity contribution >= 4 is 34.2 Å². The van der Waals surface area contributed by atoms with E-state index in [4.69, 9.17) is 14.9 Å². The van der Waals surface area contributed by atoms with E-state index in [1.807, 2.05) is 24.3 Å². The smallest absolute Gasteiger partial charge is 0.261 e. The maximum atomic E-state index is 12.6. The van der Waals surface area contributed by atoms with E-state index in [2.05, 4.69) is 20.3 Å². The topological polar surface area (TPSA) is 136 Å². The van der Waals surface area contributed by atoms with Gasteiger partial charge in [0, 0.05) is 11.9 Å². The Hall–Kier alpha value is -4.51. The molecule has 1 aliphatic rings. The SMILES string of the molecule is COc1ccccc1CCN=C(N)Nc1nc(-c2ncc(CN3C(=O)c4ccccc4C3=O)o2)cs1. The van der Waals surface area contributed by atoms with Crippen LogP contribution in [0.4, 0.5) is 5.13 Å². The molecular formula is C25H22N6O4S. The van der Waals surface area contributed by atoms with Crippen molar-refractivity contribution in [2.24, 2.45) is 10.7 Å². The van der Waals surface area contributed by atoms with Crippen LogP contribution in [0, 0.1) is 0 Å². The maximum absolute atomic E-state index is 12.6. The van der Waals surface area contributed by atoms with Crippen LogP contribution in [0.3, 0.4) is 0 Å². The summed E-state index contributed by atoms with van der Waals surface area (Å²) in [6.07, 6.45) is 2.17. The molecule has 0 bridgehead atoms. The molecule has 2 amide bonds. The number of oxazole rings is 1. The third kappa shape index (κ3) is 4.68. The Bertz CT molecular complexity index is 1430. The van der Waals surface area contributed by atoms with Crippen LogP contribution in [0.5, 0.6) is 5.75 Å². The second-order valence-electron chi connectivity index (χ2n) is 7.87. The van der Waals surface area contributed by atoms with Gasteiger partial charge in [0.05, 0.1) is 31.0 Å². The van der Waals surface area contributed by atoms with Gasteiger partial charge >= 0.3 is 0 Å². The first-order valence-electron chi connectivity index (χ1n) is 11.1. The van der Waals surface area contributed by atoms with Gasteiger partial charge in [-0.05, 0) is 30.2 Å². The van der Waals surface area contributed by atoms with Gasteiger partial charge in [-0.25, -0.2) is 9.97 Å². The van der Waals surface area contributed by atoms with E-state index < -0.39 is 0 Å². The fourth-order valence-corrected chi connectivity index (χ4v) is 4.51. The summed E-state index contributed by atoms with van der Waals surface area (Å²) in [5.74, 6) is 1.00. The zero-order valence-corrected chi connectivity index (χ0v) is 20.1. The average molecular weight is 503 g/mol.